The second kappa shape index (κ2) is 13.2. The first-order chi connectivity index (χ1) is 21.1. The van der Waals surface area contributed by atoms with Crippen molar-refractivity contribution in [2.75, 3.05) is 38.6 Å². The van der Waals surface area contributed by atoms with Gasteiger partial charge in [0.2, 0.25) is 0 Å². The number of imidazole rings is 1. The lowest BCUT2D eigenvalue weighted by atomic mass is 9.91. The summed E-state index contributed by atoms with van der Waals surface area (Å²) < 4.78 is 3.81. The summed E-state index contributed by atoms with van der Waals surface area (Å²) in [6, 6.07) is 20.5. The zero-order valence-corrected chi connectivity index (χ0v) is 24.4. The minimum atomic E-state index is -0.182. The summed E-state index contributed by atoms with van der Waals surface area (Å²) in [7, 11) is 0. The van der Waals surface area contributed by atoms with Crippen LogP contribution in [0.1, 0.15) is 35.3 Å². The van der Waals surface area contributed by atoms with E-state index in [-0.39, 0.29) is 23.6 Å². The van der Waals surface area contributed by atoms with Gasteiger partial charge in [-0.3, -0.25) is 10.3 Å². The van der Waals surface area contributed by atoms with Crippen molar-refractivity contribution in [3.8, 4) is 0 Å². The molecule has 43 heavy (non-hydrogen) atoms. The van der Waals surface area contributed by atoms with E-state index in [1.54, 1.807) is 12.7 Å². The summed E-state index contributed by atoms with van der Waals surface area (Å²) in [5.41, 5.74) is 4.39. The second-order valence-electron chi connectivity index (χ2n) is 10.5. The van der Waals surface area contributed by atoms with Crippen molar-refractivity contribution in [2.24, 2.45) is 0 Å². The molecular weight excluding hydrogens is 566 g/mol. The third kappa shape index (κ3) is 6.30. The van der Waals surface area contributed by atoms with Gasteiger partial charge in [0.15, 0.2) is 11.1 Å². The maximum Gasteiger partial charge on any atom is 0.317 e. The van der Waals surface area contributed by atoms with Crippen molar-refractivity contribution >= 4 is 28.8 Å². The predicted octanol–water partition coefficient (Wildman–Crippen LogP) is 3.17. The first-order valence-electron chi connectivity index (χ1n) is 14.4. The molecule has 3 aromatic heterocycles. The van der Waals surface area contributed by atoms with Crippen molar-refractivity contribution in [1.82, 2.24) is 49.6 Å². The van der Waals surface area contributed by atoms with Crippen molar-refractivity contribution in [1.29, 1.82) is 5.41 Å². The number of piperazine rings is 1. The van der Waals surface area contributed by atoms with Gasteiger partial charge in [-0.05, 0) is 17.5 Å². The Morgan fingerprint density at radius 2 is 1.67 bits per heavy atom. The van der Waals surface area contributed by atoms with Gasteiger partial charge in [0.25, 0.3) is 0 Å². The summed E-state index contributed by atoms with van der Waals surface area (Å²) >= 11 is 5.78. The molecule has 0 saturated carbocycles. The summed E-state index contributed by atoms with van der Waals surface area (Å²) in [4.78, 5) is 28.6. The van der Waals surface area contributed by atoms with Crippen LogP contribution in [-0.4, -0.2) is 88.9 Å². The van der Waals surface area contributed by atoms with Gasteiger partial charge in [-0.2, -0.15) is 0 Å². The van der Waals surface area contributed by atoms with E-state index in [4.69, 9.17) is 17.0 Å². The summed E-state index contributed by atoms with van der Waals surface area (Å²) in [5.74, 6) is 0.526. The minimum Gasteiger partial charge on any atom is -0.340 e. The second-order valence-corrected chi connectivity index (χ2v) is 10.9. The molecule has 2 amide bonds. The molecule has 222 valence electrons. The van der Waals surface area contributed by atoms with Crippen LogP contribution < -0.4 is 10.8 Å². The molecule has 1 aliphatic heterocycles. The van der Waals surface area contributed by atoms with E-state index in [0.29, 0.717) is 56.3 Å². The molecule has 13 heteroatoms. The maximum absolute atomic E-state index is 12.7. The maximum atomic E-state index is 12.7. The van der Waals surface area contributed by atoms with Gasteiger partial charge in [-0.1, -0.05) is 65.9 Å². The van der Waals surface area contributed by atoms with Crippen molar-refractivity contribution < 1.29 is 4.79 Å². The number of urea groups is 1. The van der Waals surface area contributed by atoms with Gasteiger partial charge in [0.1, 0.15) is 11.2 Å². The highest BCUT2D eigenvalue weighted by atomic mass is 35.5. The number of halogens is 1. The molecule has 0 bridgehead atoms. The van der Waals surface area contributed by atoms with E-state index >= 15 is 0 Å². The number of aromatic amines is 1. The Balaban J connectivity index is 1.31. The van der Waals surface area contributed by atoms with Crippen LogP contribution in [0.4, 0.5) is 4.79 Å². The topological polar surface area (TPSA) is 137 Å². The fraction of sp³-hybridized carbons (Fsp3) is 0.333. The standard InChI is InChI=1S/C30H34ClN11O/c31-12-7-13-33-30(43)40-16-14-39(15-17-40)26(22-8-3-1-4-9-22)27(23-10-5-2-6-11-23)42-19-24(37-38-42)18-41-21-36-28(32)25-29(41)35-20-34-25/h1-6,8-11,19-21,26-27,32H,7,12-18H2,(H,33,43)(H,34,35)/t26-,27+/m0/s1. The Kier molecular flexibility index (Phi) is 8.75. The van der Waals surface area contributed by atoms with E-state index < -0.39 is 0 Å². The molecule has 0 spiro atoms. The largest absolute Gasteiger partial charge is 0.340 e. The highest BCUT2D eigenvalue weighted by Gasteiger charge is 2.35. The van der Waals surface area contributed by atoms with Crippen LogP contribution >= 0.6 is 11.6 Å². The van der Waals surface area contributed by atoms with Gasteiger partial charge < -0.3 is 19.8 Å². The third-order valence-electron chi connectivity index (χ3n) is 7.79. The van der Waals surface area contributed by atoms with Gasteiger partial charge in [-0.25, -0.2) is 19.4 Å². The zero-order valence-electron chi connectivity index (χ0n) is 23.7. The summed E-state index contributed by atoms with van der Waals surface area (Å²) in [6.45, 7) is 3.65. The smallest absolute Gasteiger partial charge is 0.317 e. The van der Waals surface area contributed by atoms with E-state index in [1.807, 2.05) is 44.6 Å². The molecule has 6 rings (SSSR count). The first kappa shape index (κ1) is 28.6. The Labute approximate surface area is 253 Å². The number of hydrogen-bond donors (Lipinski definition) is 3. The van der Waals surface area contributed by atoms with Gasteiger partial charge >= 0.3 is 6.03 Å². The molecule has 0 radical (unpaired) electrons. The molecule has 3 N–H and O–H groups in total. The average Bonchev–Trinajstić information content (AvgIpc) is 3.73. The molecular formula is C30H34ClN11O. The fourth-order valence-electron chi connectivity index (χ4n) is 5.69. The molecule has 1 fully saturated rings. The number of nitrogens with one attached hydrogen (secondary N) is 3. The molecule has 0 unspecified atom stereocenters. The number of H-pyrrole nitrogens is 1. The number of benzene rings is 2. The number of hydrogen-bond acceptors (Lipinski definition) is 7. The summed E-state index contributed by atoms with van der Waals surface area (Å²) in [5, 5.41) is 20.2. The van der Waals surface area contributed by atoms with Crippen LogP contribution in [-0.2, 0) is 6.54 Å². The molecule has 2 atom stereocenters. The number of aromatic nitrogens is 7. The monoisotopic (exact) mass is 599 g/mol. The zero-order chi connectivity index (χ0) is 29.6. The number of rotatable bonds is 10. The van der Waals surface area contributed by atoms with Crippen molar-refractivity contribution in [2.45, 2.75) is 25.0 Å². The molecule has 2 aromatic carbocycles. The van der Waals surface area contributed by atoms with E-state index in [0.717, 1.165) is 23.2 Å². The Morgan fingerprint density at radius 1 is 0.977 bits per heavy atom. The van der Waals surface area contributed by atoms with Crippen LogP contribution in [0.5, 0.6) is 0 Å². The average molecular weight is 600 g/mol. The number of carbonyl (C=O) groups is 1. The van der Waals surface area contributed by atoms with E-state index in [1.165, 1.54) is 0 Å². The molecule has 12 nitrogen and oxygen atoms in total. The van der Waals surface area contributed by atoms with Crippen molar-refractivity contribution in [3.63, 3.8) is 0 Å². The summed E-state index contributed by atoms with van der Waals surface area (Å²) in [6.07, 6.45) is 5.90. The molecule has 0 aliphatic carbocycles. The Bertz CT molecular complexity index is 1690. The van der Waals surface area contributed by atoms with Crippen molar-refractivity contribution in [3.05, 3.63) is 102 Å². The van der Waals surface area contributed by atoms with Gasteiger partial charge in [0, 0.05) is 38.6 Å². The number of alkyl halides is 1. The third-order valence-corrected chi connectivity index (χ3v) is 8.06. The van der Waals surface area contributed by atoms with E-state index in [2.05, 4.69) is 71.9 Å². The fourth-order valence-corrected chi connectivity index (χ4v) is 5.82. The lowest BCUT2D eigenvalue weighted by molar-refractivity contribution is 0.0875. The number of fused-ring (bicyclic) bond motifs is 1. The van der Waals surface area contributed by atoms with Gasteiger partial charge in [0.05, 0.1) is 37.5 Å². The van der Waals surface area contributed by atoms with Crippen LogP contribution in [0.3, 0.4) is 0 Å². The van der Waals surface area contributed by atoms with E-state index in [9.17, 15) is 4.79 Å². The Morgan fingerprint density at radius 3 is 2.37 bits per heavy atom. The Hall–Kier alpha value is -4.55. The molecule has 4 heterocycles. The van der Waals surface area contributed by atoms with Gasteiger partial charge in [-0.15, -0.1) is 16.7 Å². The van der Waals surface area contributed by atoms with Crippen LogP contribution in [0.2, 0.25) is 0 Å². The van der Waals surface area contributed by atoms with Crippen LogP contribution in [0.15, 0.2) is 79.5 Å². The van der Waals surface area contributed by atoms with Crippen LogP contribution in [0, 0.1) is 5.41 Å². The minimum absolute atomic E-state index is 0.0435. The molecule has 1 saturated heterocycles. The number of nitrogens with zero attached hydrogens (tertiary/aromatic N) is 8. The SMILES string of the molecule is N=c1ncn(Cc2cn([C@H](c3ccccc3)[C@H](c3ccccc3)N3CCN(C(=O)NCCCCl)CC3)nn2)c2nc[nH]c12. The first-order valence-corrected chi connectivity index (χ1v) is 14.9. The number of amides is 2. The quantitative estimate of drug-likeness (QED) is 0.167. The number of carbonyl (C=O) groups excluding carboxylic acids is 1. The normalized spacial score (nSPS) is 15.4. The highest BCUT2D eigenvalue weighted by Crippen LogP contribution is 2.37. The van der Waals surface area contributed by atoms with Crippen LogP contribution in [0.25, 0.3) is 11.2 Å². The molecule has 1 aliphatic rings. The molecule has 5 aromatic rings. The lowest BCUT2D eigenvalue weighted by Crippen LogP contribution is -2.53. The highest BCUT2D eigenvalue weighted by molar-refractivity contribution is 6.17. The predicted molar refractivity (Wildman–Crippen MR) is 163 cm³/mol. The lowest BCUT2D eigenvalue weighted by Gasteiger charge is -2.42.